The first kappa shape index (κ1) is 17.9. The Balaban J connectivity index is 2.48. The van der Waals surface area contributed by atoms with Crippen molar-refractivity contribution >= 4 is 11.9 Å². The number of rotatable bonds is 6. The number of hydrogen-bond donors (Lipinski definition) is 2. The van der Waals surface area contributed by atoms with Gasteiger partial charge in [-0.25, -0.2) is 4.79 Å². The molecular formula is C15H29N3O3. The van der Waals surface area contributed by atoms with Crippen LogP contribution in [0.5, 0.6) is 0 Å². The molecule has 0 bridgehead atoms. The van der Waals surface area contributed by atoms with Crippen LogP contribution >= 0.6 is 0 Å². The molecule has 0 aromatic heterocycles. The fourth-order valence-electron chi connectivity index (χ4n) is 2.66. The average molecular weight is 299 g/mol. The van der Waals surface area contributed by atoms with Crippen molar-refractivity contribution in [2.75, 3.05) is 26.7 Å². The number of carbonyl (C=O) groups excluding carboxylic acids is 2. The van der Waals surface area contributed by atoms with Gasteiger partial charge in [0.15, 0.2) is 0 Å². The molecule has 0 aromatic carbocycles. The maximum absolute atomic E-state index is 12.1. The van der Waals surface area contributed by atoms with Crippen LogP contribution in [-0.4, -0.2) is 55.6 Å². The minimum absolute atomic E-state index is 0.131. The number of likely N-dealkylation sites (tertiary alicyclic amines) is 1. The third-order valence-corrected chi connectivity index (χ3v) is 3.95. The maximum Gasteiger partial charge on any atom is 0.328 e. The Bertz CT molecular complexity index is 360. The summed E-state index contributed by atoms with van der Waals surface area (Å²) in [5.41, 5.74) is 5.98. The predicted octanol–water partition coefficient (Wildman–Crippen LogP) is 0.359. The molecule has 122 valence electrons. The van der Waals surface area contributed by atoms with Crippen molar-refractivity contribution in [2.45, 2.75) is 45.7 Å². The van der Waals surface area contributed by atoms with Gasteiger partial charge in [0, 0.05) is 19.1 Å². The Labute approximate surface area is 127 Å². The molecule has 0 aliphatic carbocycles. The summed E-state index contributed by atoms with van der Waals surface area (Å²) in [5.74, 6) is 0.181. The van der Waals surface area contributed by atoms with Crippen molar-refractivity contribution in [3.63, 3.8) is 0 Å². The molecule has 6 nitrogen and oxygen atoms in total. The molecule has 1 aliphatic rings. The number of methoxy groups -OCH3 is 1. The molecule has 0 radical (unpaired) electrons. The SMILES string of the molecule is COC(=O)C(CC(C)C)NC(=O)CN1CCC(N)C(C)C1. The van der Waals surface area contributed by atoms with Crippen molar-refractivity contribution < 1.29 is 14.3 Å². The lowest BCUT2D eigenvalue weighted by Crippen LogP contribution is -2.51. The zero-order valence-corrected chi connectivity index (χ0v) is 13.6. The van der Waals surface area contributed by atoms with E-state index in [0.29, 0.717) is 24.8 Å². The number of piperidine rings is 1. The second-order valence-corrected chi connectivity index (χ2v) is 6.44. The van der Waals surface area contributed by atoms with Gasteiger partial charge in [-0.1, -0.05) is 20.8 Å². The lowest BCUT2D eigenvalue weighted by molar-refractivity contribution is -0.145. The molecule has 1 amide bonds. The molecule has 1 fully saturated rings. The van der Waals surface area contributed by atoms with E-state index in [1.807, 2.05) is 13.8 Å². The van der Waals surface area contributed by atoms with Gasteiger partial charge in [-0.05, 0) is 24.7 Å². The molecule has 21 heavy (non-hydrogen) atoms. The van der Waals surface area contributed by atoms with Crippen molar-refractivity contribution in [3.8, 4) is 0 Å². The smallest absolute Gasteiger partial charge is 0.328 e. The van der Waals surface area contributed by atoms with E-state index in [1.165, 1.54) is 7.11 Å². The summed E-state index contributed by atoms with van der Waals surface area (Å²) >= 11 is 0. The Hall–Kier alpha value is -1.14. The average Bonchev–Trinajstić information content (AvgIpc) is 2.40. The van der Waals surface area contributed by atoms with Crippen LogP contribution in [-0.2, 0) is 14.3 Å². The number of carbonyl (C=O) groups is 2. The van der Waals surface area contributed by atoms with E-state index in [2.05, 4.69) is 17.1 Å². The number of nitrogens with one attached hydrogen (secondary N) is 1. The minimum Gasteiger partial charge on any atom is -0.467 e. The van der Waals surface area contributed by atoms with E-state index in [1.54, 1.807) is 0 Å². The van der Waals surface area contributed by atoms with Crippen LogP contribution in [0.3, 0.4) is 0 Å². The standard InChI is InChI=1S/C15H29N3O3/c1-10(2)7-13(15(20)21-4)17-14(19)9-18-6-5-12(16)11(3)8-18/h10-13H,5-9,16H2,1-4H3,(H,17,19). The largest absolute Gasteiger partial charge is 0.467 e. The highest BCUT2D eigenvalue weighted by Gasteiger charge is 2.27. The van der Waals surface area contributed by atoms with Gasteiger partial charge in [0.25, 0.3) is 0 Å². The molecule has 3 atom stereocenters. The van der Waals surface area contributed by atoms with Crippen molar-refractivity contribution in [3.05, 3.63) is 0 Å². The van der Waals surface area contributed by atoms with Crippen molar-refractivity contribution in [2.24, 2.45) is 17.6 Å². The summed E-state index contributed by atoms with van der Waals surface area (Å²) in [6, 6.07) is -0.347. The summed E-state index contributed by atoms with van der Waals surface area (Å²) in [6.07, 6.45) is 1.49. The summed E-state index contributed by atoms with van der Waals surface area (Å²) in [7, 11) is 1.34. The molecule has 3 unspecified atom stereocenters. The Morgan fingerprint density at radius 3 is 2.62 bits per heavy atom. The molecule has 1 aliphatic heterocycles. The summed E-state index contributed by atoms with van der Waals surface area (Å²) in [6.45, 7) is 8.08. The third-order valence-electron chi connectivity index (χ3n) is 3.95. The van der Waals surface area contributed by atoms with E-state index in [4.69, 9.17) is 10.5 Å². The first-order valence-corrected chi connectivity index (χ1v) is 7.68. The van der Waals surface area contributed by atoms with Gasteiger partial charge in [-0.3, -0.25) is 9.69 Å². The topological polar surface area (TPSA) is 84.7 Å². The number of nitrogens with zero attached hydrogens (tertiary/aromatic N) is 1. The number of nitrogens with two attached hydrogens (primary N) is 1. The van der Waals surface area contributed by atoms with Gasteiger partial charge in [0.1, 0.15) is 6.04 Å². The Morgan fingerprint density at radius 1 is 1.43 bits per heavy atom. The zero-order valence-electron chi connectivity index (χ0n) is 13.6. The second-order valence-electron chi connectivity index (χ2n) is 6.44. The third kappa shape index (κ3) is 6.01. The highest BCUT2D eigenvalue weighted by atomic mass is 16.5. The second kappa shape index (κ2) is 8.34. The van der Waals surface area contributed by atoms with Gasteiger partial charge in [0.2, 0.25) is 5.91 Å². The number of hydrogen-bond acceptors (Lipinski definition) is 5. The fraction of sp³-hybridized carbons (Fsp3) is 0.867. The zero-order chi connectivity index (χ0) is 16.0. The lowest BCUT2D eigenvalue weighted by atomic mass is 9.95. The fourth-order valence-corrected chi connectivity index (χ4v) is 2.66. The van der Waals surface area contributed by atoms with Crippen LogP contribution in [0.2, 0.25) is 0 Å². The lowest BCUT2D eigenvalue weighted by Gasteiger charge is -2.34. The molecule has 6 heteroatoms. The van der Waals surface area contributed by atoms with Crippen LogP contribution in [0.4, 0.5) is 0 Å². The first-order valence-electron chi connectivity index (χ1n) is 7.68. The molecular weight excluding hydrogens is 270 g/mol. The van der Waals surface area contributed by atoms with Crippen molar-refractivity contribution in [1.82, 2.24) is 10.2 Å². The highest BCUT2D eigenvalue weighted by molar-refractivity contribution is 5.85. The Morgan fingerprint density at radius 2 is 2.10 bits per heavy atom. The molecule has 0 spiro atoms. The van der Waals surface area contributed by atoms with Crippen LogP contribution in [0, 0.1) is 11.8 Å². The van der Waals surface area contributed by atoms with Crippen LogP contribution in [0.15, 0.2) is 0 Å². The molecule has 0 saturated carbocycles. The quantitative estimate of drug-likeness (QED) is 0.692. The molecule has 1 saturated heterocycles. The molecule has 1 rings (SSSR count). The normalized spacial score (nSPS) is 24.7. The summed E-state index contributed by atoms with van der Waals surface area (Å²) < 4.78 is 4.75. The monoisotopic (exact) mass is 299 g/mol. The van der Waals surface area contributed by atoms with Gasteiger partial charge >= 0.3 is 5.97 Å². The van der Waals surface area contributed by atoms with Crippen LogP contribution < -0.4 is 11.1 Å². The van der Waals surface area contributed by atoms with Crippen LogP contribution in [0.25, 0.3) is 0 Å². The van der Waals surface area contributed by atoms with Gasteiger partial charge in [-0.2, -0.15) is 0 Å². The summed E-state index contributed by atoms with van der Waals surface area (Å²) in [4.78, 5) is 25.9. The number of esters is 1. The first-order chi connectivity index (χ1) is 9.83. The van der Waals surface area contributed by atoms with Gasteiger partial charge in [0.05, 0.1) is 13.7 Å². The van der Waals surface area contributed by atoms with E-state index >= 15 is 0 Å². The number of amides is 1. The van der Waals surface area contributed by atoms with Gasteiger partial charge < -0.3 is 15.8 Å². The van der Waals surface area contributed by atoms with Gasteiger partial charge in [-0.15, -0.1) is 0 Å². The van der Waals surface area contributed by atoms with E-state index in [9.17, 15) is 9.59 Å². The molecule has 3 N–H and O–H groups in total. The number of ether oxygens (including phenoxy) is 1. The van der Waals surface area contributed by atoms with E-state index in [-0.39, 0.29) is 17.9 Å². The Kier molecular flexibility index (Phi) is 7.11. The van der Waals surface area contributed by atoms with Crippen molar-refractivity contribution in [1.29, 1.82) is 0 Å². The van der Waals surface area contributed by atoms with E-state index < -0.39 is 6.04 Å². The molecule has 1 heterocycles. The highest BCUT2D eigenvalue weighted by Crippen LogP contribution is 2.14. The molecule has 0 aromatic rings. The van der Waals surface area contributed by atoms with E-state index in [0.717, 1.165) is 19.5 Å². The maximum atomic E-state index is 12.1. The van der Waals surface area contributed by atoms with Crippen LogP contribution in [0.1, 0.15) is 33.6 Å². The predicted molar refractivity (Wildman–Crippen MR) is 81.6 cm³/mol. The minimum atomic E-state index is -0.563. The summed E-state index contributed by atoms with van der Waals surface area (Å²) in [5, 5.41) is 2.79.